The van der Waals surface area contributed by atoms with Crippen molar-refractivity contribution < 1.29 is 47.7 Å². The van der Waals surface area contributed by atoms with Gasteiger partial charge in [-0.2, -0.15) is 0 Å². The minimum atomic E-state index is -0.935. The van der Waals surface area contributed by atoms with Gasteiger partial charge in [0, 0.05) is 35.8 Å². The number of anilines is 4. The molecule has 0 heterocycles. The van der Waals surface area contributed by atoms with E-state index in [0.29, 0.717) is 61.5 Å². The standard InChI is InChI=1S/C56H61N7O10/c64-51(49(62-55(68)72-39-43-21-9-3-10-22-43)25-13-15-35-57-53(66)70-37-41-17-5-1-6-18-41)60-47-31-27-45(28-32-47)59-46-29-33-48(34-30-46)61-52(65)50(63-56(69)73-40-44-23-11-4-12-24-44)26-14-16-36-58-54(67)71-38-42-19-7-2-8-20-42/h1-12,17-24,27-34,49-50,59H,13-16,25-26,35-40H2,(H,57,66)(H,58,67)(H,60,64)(H,61,65)(H,62,68)(H,63,69)/t49-,50+. The lowest BCUT2D eigenvalue weighted by atomic mass is 10.1. The average molecular weight is 992 g/mol. The molecule has 17 nitrogen and oxygen atoms in total. The highest BCUT2D eigenvalue weighted by atomic mass is 16.6. The largest absolute Gasteiger partial charge is 0.445 e. The smallest absolute Gasteiger partial charge is 0.408 e. The van der Waals surface area contributed by atoms with Crippen LogP contribution in [0, 0.1) is 0 Å². The summed E-state index contributed by atoms with van der Waals surface area (Å²) in [5.74, 6) is -0.888. The second-order valence-electron chi connectivity index (χ2n) is 16.7. The van der Waals surface area contributed by atoms with E-state index in [2.05, 4.69) is 37.2 Å². The van der Waals surface area contributed by atoms with Gasteiger partial charge in [0.05, 0.1) is 0 Å². The normalized spacial score (nSPS) is 11.3. The second-order valence-corrected chi connectivity index (χ2v) is 16.7. The number of carbonyl (C=O) groups is 6. The Hall–Kier alpha value is -8.86. The van der Waals surface area contributed by atoms with Crippen molar-refractivity contribution in [3.8, 4) is 0 Å². The first kappa shape index (κ1) is 53.5. The van der Waals surface area contributed by atoms with Crippen molar-refractivity contribution in [2.45, 2.75) is 77.0 Å². The molecule has 6 aromatic carbocycles. The topological polar surface area (TPSA) is 224 Å². The van der Waals surface area contributed by atoms with Gasteiger partial charge in [0.1, 0.15) is 38.5 Å². The number of amides is 6. The molecule has 0 radical (unpaired) electrons. The number of carbonyl (C=O) groups excluding carboxylic acids is 6. The maximum Gasteiger partial charge on any atom is 0.408 e. The summed E-state index contributed by atoms with van der Waals surface area (Å²) in [4.78, 5) is 77.2. The Morgan fingerprint density at radius 2 is 0.630 bits per heavy atom. The highest BCUT2D eigenvalue weighted by molar-refractivity contribution is 5.97. The maximum absolute atomic E-state index is 13.6. The van der Waals surface area contributed by atoms with Crippen LogP contribution in [0.3, 0.4) is 0 Å². The molecule has 0 saturated carbocycles. The Kier molecular flexibility index (Phi) is 22.0. The van der Waals surface area contributed by atoms with Crippen LogP contribution >= 0.6 is 0 Å². The minimum absolute atomic E-state index is 0.0332. The summed E-state index contributed by atoms with van der Waals surface area (Å²) in [5.41, 5.74) is 5.74. The number of alkyl carbamates (subject to hydrolysis) is 4. The van der Waals surface area contributed by atoms with E-state index in [0.717, 1.165) is 22.3 Å². The highest BCUT2D eigenvalue weighted by Gasteiger charge is 2.23. The lowest BCUT2D eigenvalue weighted by Gasteiger charge is -2.19. The van der Waals surface area contributed by atoms with Crippen LogP contribution in [0.25, 0.3) is 0 Å². The number of hydrogen-bond donors (Lipinski definition) is 7. The maximum atomic E-state index is 13.6. The Morgan fingerprint density at radius 1 is 0.342 bits per heavy atom. The van der Waals surface area contributed by atoms with Gasteiger partial charge in [0.2, 0.25) is 11.8 Å². The fourth-order valence-corrected chi connectivity index (χ4v) is 7.13. The first-order valence-electron chi connectivity index (χ1n) is 24.1. The van der Waals surface area contributed by atoms with Crippen LogP contribution in [-0.2, 0) is 55.0 Å². The van der Waals surface area contributed by atoms with Gasteiger partial charge >= 0.3 is 24.4 Å². The van der Waals surface area contributed by atoms with Crippen LogP contribution in [0.4, 0.5) is 41.9 Å². The van der Waals surface area contributed by atoms with E-state index in [9.17, 15) is 28.8 Å². The van der Waals surface area contributed by atoms with E-state index < -0.39 is 48.3 Å². The van der Waals surface area contributed by atoms with Crippen molar-refractivity contribution >= 4 is 58.9 Å². The summed E-state index contributed by atoms with van der Waals surface area (Å²) < 4.78 is 21.3. The molecule has 0 aliphatic rings. The van der Waals surface area contributed by atoms with E-state index in [1.807, 2.05) is 121 Å². The van der Waals surface area contributed by atoms with E-state index in [1.165, 1.54) is 0 Å². The van der Waals surface area contributed by atoms with E-state index in [-0.39, 0.29) is 39.3 Å². The minimum Gasteiger partial charge on any atom is -0.445 e. The molecular weight excluding hydrogens is 931 g/mol. The summed E-state index contributed by atoms with van der Waals surface area (Å²) in [6.07, 6.45) is 0.0131. The molecule has 6 amide bonds. The third-order valence-electron chi connectivity index (χ3n) is 11.0. The van der Waals surface area contributed by atoms with Gasteiger partial charge in [-0.25, -0.2) is 19.2 Å². The Labute approximate surface area is 424 Å². The van der Waals surface area contributed by atoms with E-state index in [1.54, 1.807) is 48.5 Å². The fourth-order valence-electron chi connectivity index (χ4n) is 7.13. The molecule has 7 N–H and O–H groups in total. The Bertz CT molecular complexity index is 2450. The first-order valence-corrected chi connectivity index (χ1v) is 24.1. The molecule has 0 fully saturated rings. The molecule has 6 aromatic rings. The van der Waals surface area contributed by atoms with Gasteiger partial charge in [0.15, 0.2) is 0 Å². The Morgan fingerprint density at radius 3 is 0.945 bits per heavy atom. The molecule has 0 aliphatic heterocycles. The van der Waals surface area contributed by atoms with Crippen molar-refractivity contribution in [1.29, 1.82) is 0 Å². The first-order chi connectivity index (χ1) is 35.6. The SMILES string of the molecule is O=C(NCCCC[C@H](NC(=O)OCc1ccccc1)C(=O)Nc1ccc(Nc2ccc(NC(=O)[C@@H](CCCCNC(=O)OCc3ccccc3)NC(=O)OCc3ccccc3)cc2)cc1)OCc1ccccc1. The van der Waals surface area contributed by atoms with Crippen LogP contribution in [0.5, 0.6) is 0 Å². The van der Waals surface area contributed by atoms with Crippen LogP contribution < -0.4 is 37.2 Å². The third-order valence-corrected chi connectivity index (χ3v) is 11.0. The zero-order valence-electron chi connectivity index (χ0n) is 40.4. The summed E-state index contributed by atoms with van der Waals surface area (Å²) in [6.45, 7) is 0.992. The van der Waals surface area contributed by atoms with Crippen molar-refractivity contribution in [1.82, 2.24) is 21.3 Å². The molecule has 0 saturated heterocycles. The number of unbranched alkanes of at least 4 members (excludes halogenated alkanes) is 2. The highest BCUT2D eigenvalue weighted by Crippen LogP contribution is 2.22. The van der Waals surface area contributed by atoms with Crippen molar-refractivity contribution in [2.75, 3.05) is 29.0 Å². The van der Waals surface area contributed by atoms with Gasteiger partial charge in [-0.05, 0) is 109 Å². The molecule has 380 valence electrons. The predicted molar refractivity (Wildman–Crippen MR) is 277 cm³/mol. The van der Waals surface area contributed by atoms with Gasteiger partial charge in [-0.3, -0.25) is 9.59 Å². The number of nitrogens with one attached hydrogen (secondary N) is 7. The number of hydrogen-bond acceptors (Lipinski definition) is 11. The second kappa shape index (κ2) is 30.0. The van der Waals surface area contributed by atoms with Crippen LogP contribution in [-0.4, -0.2) is 61.4 Å². The van der Waals surface area contributed by atoms with Crippen molar-refractivity contribution in [2.24, 2.45) is 0 Å². The van der Waals surface area contributed by atoms with Crippen LogP contribution in [0.15, 0.2) is 170 Å². The molecule has 0 aliphatic carbocycles. The molecule has 73 heavy (non-hydrogen) atoms. The number of rotatable bonds is 26. The molecule has 0 unspecified atom stereocenters. The summed E-state index contributed by atoms with van der Waals surface area (Å²) in [7, 11) is 0. The number of benzene rings is 6. The van der Waals surface area contributed by atoms with Gasteiger partial charge in [-0.15, -0.1) is 0 Å². The molecule has 0 spiro atoms. The van der Waals surface area contributed by atoms with Gasteiger partial charge < -0.3 is 56.2 Å². The molecule has 0 bridgehead atoms. The van der Waals surface area contributed by atoms with Crippen molar-refractivity contribution in [3.63, 3.8) is 0 Å². The molecule has 6 rings (SSSR count). The Balaban J connectivity index is 0.968. The lowest BCUT2D eigenvalue weighted by Crippen LogP contribution is -2.44. The third kappa shape index (κ3) is 20.6. The summed E-state index contributed by atoms with van der Waals surface area (Å²) in [5, 5.41) is 19.9. The zero-order valence-corrected chi connectivity index (χ0v) is 40.4. The zero-order chi connectivity index (χ0) is 51.3. The van der Waals surface area contributed by atoms with Gasteiger partial charge in [0.25, 0.3) is 0 Å². The van der Waals surface area contributed by atoms with Crippen molar-refractivity contribution in [3.05, 3.63) is 192 Å². The predicted octanol–water partition coefficient (Wildman–Crippen LogP) is 10.1. The quantitative estimate of drug-likeness (QED) is 0.0200. The van der Waals surface area contributed by atoms with E-state index in [4.69, 9.17) is 18.9 Å². The summed E-state index contributed by atoms with van der Waals surface area (Å²) in [6, 6.07) is 49.2. The van der Waals surface area contributed by atoms with Crippen LogP contribution in [0.1, 0.15) is 60.8 Å². The van der Waals surface area contributed by atoms with Gasteiger partial charge in [-0.1, -0.05) is 121 Å². The molecular formula is C56H61N7O10. The average Bonchev–Trinajstić information content (AvgIpc) is 3.42. The fraction of sp³-hybridized carbons (Fsp3) is 0.250. The molecule has 0 aromatic heterocycles. The van der Waals surface area contributed by atoms with Crippen LogP contribution in [0.2, 0.25) is 0 Å². The monoisotopic (exact) mass is 991 g/mol. The summed E-state index contributed by atoms with van der Waals surface area (Å²) >= 11 is 0. The number of ether oxygens (including phenoxy) is 4. The molecule has 2 atom stereocenters. The molecule has 17 heteroatoms. The van der Waals surface area contributed by atoms with E-state index >= 15 is 0 Å². The lowest BCUT2D eigenvalue weighted by molar-refractivity contribution is -0.119.